The maximum absolute atomic E-state index is 13.1. The SMILES string of the molecule is O=C(CCCOc1cccc(-c2ccc(F)cc2)c1)NOCc1ccccc1. The maximum Gasteiger partial charge on any atom is 0.243 e. The average Bonchev–Trinajstić information content (AvgIpc) is 2.73. The van der Waals surface area contributed by atoms with E-state index in [2.05, 4.69) is 5.48 Å². The molecule has 0 saturated carbocycles. The van der Waals surface area contributed by atoms with Crippen molar-refractivity contribution in [1.82, 2.24) is 5.48 Å². The van der Waals surface area contributed by atoms with Gasteiger partial charge in [0.25, 0.3) is 0 Å². The first kappa shape index (κ1) is 19.6. The van der Waals surface area contributed by atoms with Crippen LogP contribution in [-0.2, 0) is 16.2 Å². The van der Waals surface area contributed by atoms with Gasteiger partial charge in [-0.25, -0.2) is 9.87 Å². The number of hydrogen-bond acceptors (Lipinski definition) is 3. The largest absolute Gasteiger partial charge is 0.494 e. The van der Waals surface area contributed by atoms with E-state index in [9.17, 15) is 9.18 Å². The first-order valence-electron chi connectivity index (χ1n) is 9.14. The Morgan fingerprint density at radius 3 is 2.46 bits per heavy atom. The van der Waals surface area contributed by atoms with E-state index in [0.29, 0.717) is 31.8 Å². The molecule has 1 N–H and O–H groups in total. The van der Waals surface area contributed by atoms with E-state index in [1.54, 1.807) is 12.1 Å². The lowest BCUT2D eigenvalue weighted by Gasteiger charge is -2.09. The molecular formula is C23H22FNO3. The molecule has 0 unspecified atom stereocenters. The van der Waals surface area contributed by atoms with E-state index in [4.69, 9.17) is 9.57 Å². The third-order valence-electron chi connectivity index (χ3n) is 4.10. The van der Waals surface area contributed by atoms with Gasteiger partial charge in [0.05, 0.1) is 13.2 Å². The summed E-state index contributed by atoms with van der Waals surface area (Å²) in [5.74, 6) is 0.268. The molecule has 0 heterocycles. The van der Waals surface area contributed by atoms with E-state index < -0.39 is 0 Å². The number of hydroxylamine groups is 1. The van der Waals surface area contributed by atoms with Crippen molar-refractivity contribution in [2.45, 2.75) is 19.4 Å². The van der Waals surface area contributed by atoms with Gasteiger partial charge in [-0.15, -0.1) is 0 Å². The summed E-state index contributed by atoms with van der Waals surface area (Å²) in [6.07, 6.45) is 0.883. The zero-order valence-electron chi connectivity index (χ0n) is 15.4. The molecule has 0 bridgehead atoms. The number of hydrogen-bond donors (Lipinski definition) is 1. The fourth-order valence-corrected chi connectivity index (χ4v) is 2.66. The summed E-state index contributed by atoms with van der Waals surface area (Å²) in [4.78, 5) is 17.0. The molecular weight excluding hydrogens is 357 g/mol. The number of amides is 1. The van der Waals surface area contributed by atoms with Crippen LogP contribution in [0, 0.1) is 5.82 Å². The zero-order valence-corrected chi connectivity index (χ0v) is 15.4. The van der Waals surface area contributed by atoms with Crippen molar-refractivity contribution in [1.29, 1.82) is 0 Å². The molecule has 3 rings (SSSR count). The van der Waals surface area contributed by atoms with Crippen molar-refractivity contribution in [3.05, 3.63) is 90.2 Å². The molecule has 0 fully saturated rings. The van der Waals surface area contributed by atoms with Crippen LogP contribution in [0.2, 0.25) is 0 Å². The van der Waals surface area contributed by atoms with Crippen LogP contribution in [0.15, 0.2) is 78.9 Å². The zero-order chi connectivity index (χ0) is 19.6. The fourth-order valence-electron chi connectivity index (χ4n) is 2.66. The van der Waals surface area contributed by atoms with E-state index >= 15 is 0 Å². The normalized spacial score (nSPS) is 10.5. The van der Waals surface area contributed by atoms with Gasteiger partial charge >= 0.3 is 0 Å². The van der Waals surface area contributed by atoms with Crippen LogP contribution in [0.4, 0.5) is 4.39 Å². The smallest absolute Gasteiger partial charge is 0.243 e. The van der Waals surface area contributed by atoms with Crippen molar-refractivity contribution < 1.29 is 18.8 Å². The highest BCUT2D eigenvalue weighted by atomic mass is 19.1. The number of ether oxygens (including phenoxy) is 1. The van der Waals surface area contributed by atoms with Crippen LogP contribution in [0.3, 0.4) is 0 Å². The summed E-state index contributed by atoms with van der Waals surface area (Å²) in [5, 5.41) is 0. The number of benzene rings is 3. The van der Waals surface area contributed by atoms with Crippen molar-refractivity contribution in [2.24, 2.45) is 0 Å². The number of nitrogens with one attached hydrogen (secondary N) is 1. The minimum Gasteiger partial charge on any atom is -0.494 e. The summed E-state index contributed by atoms with van der Waals surface area (Å²) < 4.78 is 18.8. The molecule has 0 aliphatic heterocycles. The summed E-state index contributed by atoms with van der Waals surface area (Å²) >= 11 is 0. The Bertz CT molecular complexity index is 882. The second-order valence-corrected chi connectivity index (χ2v) is 6.29. The summed E-state index contributed by atoms with van der Waals surface area (Å²) in [5.41, 5.74) is 5.30. The van der Waals surface area contributed by atoms with Crippen LogP contribution in [0.1, 0.15) is 18.4 Å². The first-order valence-corrected chi connectivity index (χ1v) is 9.14. The number of rotatable bonds is 9. The summed E-state index contributed by atoms with van der Waals surface area (Å²) in [6.45, 7) is 0.748. The predicted molar refractivity (Wildman–Crippen MR) is 106 cm³/mol. The predicted octanol–water partition coefficient (Wildman–Crippen LogP) is 4.90. The van der Waals surface area contributed by atoms with Crippen molar-refractivity contribution in [3.8, 4) is 16.9 Å². The molecule has 0 radical (unpaired) electrons. The van der Waals surface area contributed by atoms with E-state index in [-0.39, 0.29) is 11.7 Å². The molecule has 0 aliphatic carbocycles. The molecule has 5 heteroatoms. The Hall–Kier alpha value is -3.18. The molecule has 1 amide bonds. The van der Waals surface area contributed by atoms with E-state index in [1.165, 1.54) is 12.1 Å². The van der Waals surface area contributed by atoms with Crippen LogP contribution < -0.4 is 10.2 Å². The molecule has 0 aromatic heterocycles. The van der Waals surface area contributed by atoms with Gasteiger partial charge in [0.1, 0.15) is 11.6 Å². The lowest BCUT2D eigenvalue weighted by molar-refractivity contribution is -0.134. The third-order valence-corrected chi connectivity index (χ3v) is 4.10. The molecule has 0 spiro atoms. The van der Waals surface area contributed by atoms with Gasteiger partial charge in [0, 0.05) is 6.42 Å². The highest BCUT2D eigenvalue weighted by Gasteiger charge is 2.04. The third kappa shape index (κ3) is 6.21. The minimum absolute atomic E-state index is 0.181. The highest BCUT2D eigenvalue weighted by Crippen LogP contribution is 2.24. The Morgan fingerprint density at radius 2 is 1.68 bits per heavy atom. The Balaban J connectivity index is 1.37. The minimum atomic E-state index is -0.262. The summed E-state index contributed by atoms with van der Waals surface area (Å²) in [6, 6.07) is 23.5. The Morgan fingerprint density at radius 1 is 0.893 bits per heavy atom. The number of carbonyl (C=O) groups excluding carboxylic acids is 1. The van der Waals surface area contributed by atoms with E-state index in [1.807, 2.05) is 54.6 Å². The highest BCUT2D eigenvalue weighted by molar-refractivity contribution is 5.74. The van der Waals surface area contributed by atoms with Gasteiger partial charge in [0.2, 0.25) is 5.91 Å². The Kier molecular flexibility index (Phi) is 7.15. The standard InChI is InChI=1S/C23H22FNO3/c24-21-13-11-19(12-14-21)20-8-4-9-22(16-20)27-15-5-10-23(26)25-28-17-18-6-2-1-3-7-18/h1-4,6-9,11-14,16H,5,10,15,17H2,(H,25,26). The van der Waals surface area contributed by atoms with Gasteiger partial charge in [-0.1, -0.05) is 54.6 Å². The fraction of sp³-hybridized carbons (Fsp3) is 0.174. The van der Waals surface area contributed by atoms with Gasteiger partial charge in [-0.2, -0.15) is 0 Å². The number of carbonyl (C=O) groups is 1. The van der Waals surface area contributed by atoms with E-state index in [0.717, 1.165) is 16.7 Å². The lowest BCUT2D eigenvalue weighted by atomic mass is 10.1. The van der Waals surface area contributed by atoms with Gasteiger partial charge in [-0.3, -0.25) is 9.63 Å². The molecule has 0 atom stereocenters. The van der Waals surface area contributed by atoms with Crippen molar-refractivity contribution >= 4 is 5.91 Å². The molecule has 0 saturated heterocycles. The first-order chi connectivity index (χ1) is 13.7. The maximum atomic E-state index is 13.1. The molecule has 144 valence electrons. The topological polar surface area (TPSA) is 47.6 Å². The van der Waals surface area contributed by atoms with Crippen LogP contribution in [0.5, 0.6) is 5.75 Å². The monoisotopic (exact) mass is 379 g/mol. The number of halogens is 1. The Labute approximate surface area is 163 Å². The second kappa shape index (κ2) is 10.2. The van der Waals surface area contributed by atoms with Crippen LogP contribution in [0.25, 0.3) is 11.1 Å². The quantitative estimate of drug-likeness (QED) is 0.425. The second-order valence-electron chi connectivity index (χ2n) is 6.29. The van der Waals surface area contributed by atoms with Crippen LogP contribution >= 0.6 is 0 Å². The molecule has 3 aromatic rings. The lowest BCUT2D eigenvalue weighted by Crippen LogP contribution is -2.23. The molecule has 28 heavy (non-hydrogen) atoms. The molecule has 4 nitrogen and oxygen atoms in total. The molecule has 0 aliphatic rings. The van der Waals surface area contributed by atoms with Gasteiger partial charge in [0.15, 0.2) is 0 Å². The molecule has 3 aromatic carbocycles. The average molecular weight is 379 g/mol. The van der Waals surface area contributed by atoms with Crippen molar-refractivity contribution in [2.75, 3.05) is 6.61 Å². The van der Waals surface area contributed by atoms with Gasteiger partial charge in [-0.05, 0) is 47.4 Å². The summed E-state index contributed by atoms with van der Waals surface area (Å²) in [7, 11) is 0. The van der Waals surface area contributed by atoms with Crippen LogP contribution in [-0.4, -0.2) is 12.5 Å². The van der Waals surface area contributed by atoms with Gasteiger partial charge < -0.3 is 4.74 Å². The van der Waals surface area contributed by atoms with Crippen molar-refractivity contribution in [3.63, 3.8) is 0 Å².